The number of nitrogens with one attached hydrogen (secondary N) is 1. The van der Waals surface area contributed by atoms with Crippen LogP contribution < -0.4 is 15.4 Å². The summed E-state index contributed by atoms with van der Waals surface area (Å²) in [5.41, 5.74) is 1.92. The van der Waals surface area contributed by atoms with Crippen LogP contribution in [-0.4, -0.2) is 67.0 Å². The fourth-order valence-corrected chi connectivity index (χ4v) is 3.05. The van der Waals surface area contributed by atoms with E-state index in [1.165, 1.54) is 6.07 Å². The Balaban J connectivity index is 1.77. The second kappa shape index (κ2) is 7.15. The maximum Gasteiger partial charge on any atom is 0.272 e. The lowest BCUT2D eigenvalue weighted by Gasteiger charge is -2.18. The molecule has 0 spiro atoms. The Hall–Kier alpha value is -2.90. The molecule has 1 amide bonds. The summed E-state index contributed by atoms with van der Waals surface area (Å²) in [7, 11) is 7.51. The van der Waals surface area contributed by atoms with Crippen LogP contribution in [0.3, 0.4) is 0 Å². The van der Waals surface area contributed by atoms with Crippen molar-refractivity contribution in [2.75, 3.05) is 51.1 Å². The Kier molecular flexibility index (Phi) is 4.92. The Morgan fingerprint density at radius 1 is 1.23 bits per heavy atom. The van der Waals surface area contributed by atoms with Crippen molar-refractivity contribution in [3.05, 3.63) is 46.1 Å². The highest BCUT2D eigenvalue weighted by molar-refractivity contribution is 5.93. The van der Waals surface area contributed by atoms with E-state index in [-0.39, 0.29) is 17.4 Å². The van der Waals surface area contributed by atoms with Gasteiger partial charge in [0, 0.05) is 65.1 Å². The minimum absolute atomic E-state index is 0.0528. The van der Waals surface area contributed by atoms with Crippen molar-refractivity contribution in [2.24, 2.45) is 0 Å². The number of hydrogen-bond donors (Lipinski definition) is 1. The van der Waals surface area contributed by atoms with E-state index in [9.17, 15) is 9.59 Å². The monoisotopic (exact) mass is 356 g/mol. The van der Waals surface area contributed by atoms with Crippen molar-refractivity contribution in [3.63, 3.8) is 0 Å². The van der Waals surface area contributed by atoms with E-state index < -0.39 is 0 Å². The zero-order chi connectivity index (χ0) is 18.8. The van der Waals surface area contributed by atoms with Gasteiger partial charge in [-0.3, -0.25) is 19.6 Å². The number of carbonyl (C=O) groups excluding carboxylic acids is 1. The number of aromatic nitrogens is 3. The number of H-pyrrole nitrogens is 1. The smallest absolute Gasteiger partial charge is 0.272 e. The molecule has 8 heteroatoms. The zero-order valence-corrected chi connectivity index (χ0v) is 15.6. The van der Waals surface area contributed by atoms with Crippen LogP contribution in [0.15, 0.2) is 29.2 Å². The Bertz CT molecular complexity index is 861. The average Bonchev–Trinajstić information content (AvgIpc) is 3.10. The lowest BCUT2D eigenvalue weighted by atomic mass is 10.1. The molecule has 0 saturated carbocycles. The largest absolute Gasteiger partial charge is 0.378 e. The van der Waals surface area contributed by atoms with Crippen LogP contribution in [0.5, 0.6) is 0 Å². The zero-order valence-electron chi connectivity index (χ0n) is 15.6. The van der Waals surface area contributed by atoms with E-state index in [0.29, 0.717) is 24.7 Å². The minimum Gasteiger partial charge on any atom is -0.378 e. The molecule has 1 atom stereocenters. The Morgan fingerprint density at radius 3 is 2.69 bits per heavy atom. The molecule has 0 aromatic carbocycles. The molecule has 1 unspecified atom stereocenters. The van der Waals surface area contributed by atoms with Crippen LogP contribution in [0.4, 0.5) is 11.6 Å². The molecule has 2 aromatic rings. The highest BCUT2D eigenvalue weighted by Gasteiger charge is 2.30. The molecule has 1 aliphatic heterocycles. The number of likely N-dealkylation sites (tertiary alicyclic amines) is 1. The first kappa shape index (κ1) is 17.9. The summed E-state index contributed by atoms with van der Waals surface area (Å²) in [6.07, 6.45) is 2.43. The van der Waals surface area contributed by atoms with Gasteiger partial charge in [0.05, 0.1) is 5.69 Å². The van der Waals surface area contributed by atoms with E-state index in [1.807, 2.05) is 39.2 Å². The summed E-state index contributed by atoms with van der Waals surface area (Å²) in [6.45, 7) is 1.17. The van der Waals surface area contributed by atoms with Crippen molar-refractivity contribution < 1.29 is 4.79 Å². The molecule has 1 saturated heterocycles. The van der Waals surface area contributed by atoms with Crippen molar-refractivity contribution >= 4 is 17.5 Å². The highest BCUT2D eigenvalue weighted by atomic mass is 16.2. The third-order valence-electron chi connectivity index (χ3n) is 4.55. The number of rotatable bonds is 4. The van der Waals surface area contributed by atoms with Crippen LogP contribution >= 0.6 is 0 Å². The molecular weight excluding hydrogens is 332 g/mol. The predicted octanol–water partition coefficient (Wildman–Crippen LogP) is 0.927. The molecule has 8 nitrogen and oxygen atoms in total. The van der Waals surface area contributed by atoms with Crippen LogP contribution in [-0.2, 0) is 0 Å². The maximum absolute atomic E-state index is 12.8. The number of hydrogen-bond acceptors (Lipinski definition) is 6. The van der Waals surface area contributed by atoms with Gasteiger partial charge in [-0.2, -0.15) is 0 Å². The number of anilines is 2. The lowest BCUT2D eigenvalue weighted by Crippen LogP contribution is -2.29. The van der Waals surface area contributed by atoms with Gasteiger partial charge in [0.25, 0.3) is 11.5 Å². The number of carbonyl (C=O) groups is 1. The van der Waals surface area contributed by atoms with Crippen molar-refractivity contribution in [1.82, 2.24) is 19.9 Å². The molecule has 0 aliphatic carbocycles. The van der Waals surface area contributed by atoms with Gasteiger partial charge in [-0.25, -0.2) is 4.98 Å². The van der Waals surface area contributed by atoms with Gasteiger partial charge in [0.1, 0.15) is 5.69 Å². The second-order valence-electron chi connectivity index (χ2n) is 6.92. The van der Waals surface area contributed by atoms with Crippen LogP contribution in [0, 0.1) is 0 Å². The van der Waals surface area contributed by atoms with Gasteiger partial charge in [0.2, 0.25) is 5.95 Å². The van der Waals surface area contributed by atoms with Crippen LogP contribution in [0.1, 0.15) is 28.5 Å². The van der Waals surface area contributed by atoms with Crippen LogP contribution in [0.2, 0.25) is 0 Å². The summed E-state index contributed by atoms with van der Waals surface area (Å²) < 4.78 is 0. The van der Waals surface area contributed by atoms with E-state index in [4.69, 9.17) is 0 Å². The molecule has 0 radical (unpaired) electrons. The number of amides is 1. The Morgan fingerprint density at radius 2 is 2.00 bits per heavy atom. The van der Waals surface area contributed by atoms with Gasteiger partial charge < -0.3 is 14.7 Å². The van der Waals surface area contributed by atoms with Gasteiger partial charge in [0.15, 0.2) is 0 Å². The SMILES string of the molecule is CN(C)c1ccnc(C(=O)N2CCC(c3cc(=O)[nH]c(N(C)C)n3)C2)c1. The number of nitrogens with zero attached hydrogens (tertiary/aromatic N) is 5. The molecular formula is C18H24N6O2. The van der Waals surface area contributed by atoms with Crippen molar-refractivity contribution in [2.45, 2.75) is 12.3 Å². The summed E-state index contributed by atoms with van der Waals surface area (Å²) in [4.78, 5) is 41.6. The summed E-state index contributed by atoms with van der Waals surface area (Å²) >= 11 is 0. The molecule has 1 fully saturated rings. The topological polar surface area (TPSA) is 85.4 Å². The molecule has 2 aromatic heterocycles. The molecule has 1 N–H and O–H groups in total. The molecule has 1 aliphatic rings. The second-order valence-corrected chi connectivity index (χ2v) is 6.92. The Labute approximate surface area is 152 Å². The molecule has 138 valence electrons. The van der Waals surface area contributed by atoms with Gasteiger partial charge >= 0.3 is 0 Å². The standard InChI is InChI=1S/C18H24N6O2/c1-22(2)13-5-7-19-15(9-13)17(26)24-8-6-12(11-24)14-10-16(25)21-18(20-14)23(3)4/h5,7,9-10,12H,6,8,11H2,1-4H3,(H,20,21,25). The fraction of sp³-hybridized carbons (Fsp3) is 0.444. The van der Waals surface area contributed by atoms with Crippen molar-refractivity contribution in [1.29, 1.82) is 0 Å². The number of pyridine rings is 1. The molecule has 26 heavy (non-hydrogen) atoms. The summed E-state index contributed by atoms with van der Waals surface area (Å²) in [5.74, 6) is 0.489. The van der Waals surface area contributed by atoms with Crippen molar-refractivity contribution in [3.8, 4) is 0 Å². The van der Waals surface area contributed by atoms with E-state index >= 15 is 0 Å². The normalized spacial score (nSPS) is 16.6. The maximum atomic E-state index is 12.8. The van der Waals surface area contributed by atoms with Gasteiger partial charge in [-0.05, 0) is 18.6 Å². The summed E-state index contributed by atoms with van der Waals surface area (Å²) in [6, 6.07) is 5.19. The third kappa shape index (κ3) is 3.68. The lowest BCUT2D eigenvalue weighted by molar-refractivity contribution is 0.0785. The van der Waals surface area contributed by atoms with Gasteiger partial charge in [-0.15, -0.1) is 0 Å². The first-order chi connectivity index (χ1) is 12.3. The van der Waals surface area contributed by atoms with E-state index in [2.05, 4.69) is 15.0 Å². The van der Waals surface area contributed by atoms with Crippen LogP contribution in [0.25, 0.3) is 0 Å². The first-order valence-electron chi connectivity index (χ1n) is 8.56. The molecule has 3 heterocycles. The number of aromatic amines is 1. The van der Waals surface area contributed by atoms with E-state index in [1.54, 1.807) is 22.1 Å². The predicted molar refractivity (Wildman–Crippen MR) is 101 cm³/mol. The average molecular weight is 356 g/mol. The highest BCUT2D eigenvalue weighted by Crippen LogP contribution is 2.27. The van der Waals surface area contributed by atoms with E-state index in [0.717, 1.165) is 17.8 Å². The van der Waals surface area contributed by atoms with Gasteiger partial charge in [-0.1, -0.05) is 0 Å². The molecule has 3 rings (SSSR count). The quantitative estimate of drug-likeness (QED) is 0.877. The first-order valence-corrected chi connectivity index (χ1v) is 8.56. The minimum atomic E-state index is -0.177. The summed E-state index contributed by atoms with van der Waals surface area (Å²) in [5, 5.41) is 0. The third-order valence-corrected chi connectivity index (χ3v) is 4.55. The fourth-order valence-electron chi connectivity index (χ4n) is 3.05. The molecule has 0 bridgehead atoms.